The summed E-state index contributed by atoms with van der Waals surface area (Å²) in [5.41, 5.74) is 2.29. The molecule has 0 bridgehead atoms. The van der Waals surface area contributed by atoms with Crippen LogP contribution in [0.5, 0.6) is 0 Å². The number of fused-ring (bicyclic) bond motifs is 1. The number of nitrogens with one attached hydrogen (secondary N) is 1. The Morgan fingerprint density at radius 1 is 1.29 bits per heavy atom. The Balaban J connectivity index is 1.52. The summed E-state index contributed by atoms with van der Waals surface area (Å²) in [6.45, 7) is 3.44. The number of pyridine rings is 1. The first-order valence-electron chi connectivity index (χ1n) is 11.3. The topological polar surface area (TPSA) is 75.9 Å². The highest BCUT2D eigenvalue weighted by Crippen LogP contribution is 2.35. The lowest BCUT2D eigenvalue weighted by Gasteiger charge is -2.16. The smallest absolute Gasteiger partial charge is 0.267 e. The Hall–Kier alpha value is -2.72. The fourth-order valence-corrected chi connectivity index (χ4v) is 5.59. The number of rotatable bonds is 6. The molecule has 2 aliphatic heterocycles. The first kappa shape index (κ1) is 24.0. The molecule has 0 spiro atoms. The zero-order valence-corrected chi connectivity index (χ0v) is 21.4. The first-order chi connectivity index (χ1) is 16.9. The number of amides is 1. The van der Waals surface area contributed by atoms with Gasteiger partial charge in [-0.2, -0.15) is 0 Å². The largest absolute Gasteiger partial charge is 0.376 e. The van der Waals surface area contributed by atoms with Crippen LogP contribution in [0.4, 0.5) is 5.82 Å². The van der Waals surface area contributed by atoms with Crippen LogP contribution in [0.25, 0.3) is 11.7 Å². The highest BCUT2D eigenvalue weighted by atomic mass is 35.5. The highest BCUT2D eigenvalue weighted by molar-refractivity contribution is 8.26. The number of thiocarbonyl (C=S) groups is 1. The van der Waals surface area contributed by atoms with E-state index < -0.39 is 0 Å². The molecule has 2 aliphatic rings. The average molecular weight is 527 g/mol. The van der Waals surface area contributed by atoms with Crippen molar-refractivity contribution in [1.29, 1.82) is 0 Å². The van der Waals surface area contributed by atoms with Gasteiger partial charge in [-0.25, -0.2) is 4.98 Å². The van der Waals surface area contributed by atoms with E-state index in [1.54, 1.807) is 24.4 Å². The number of nitrogens with zero attached hydrogens (tertiary/aromatic N) is 3. The molecule has 0 saturated carbocycles. The van der Waals surface area contributed by atoms with Gasteiger partial charge in [0.15, 0.2) is 0 Å². The minimum absolute atomic E-state index is 0.0637. The highest BCUT2D eigenvalue weighted by Gasteiger charge is 2.33. The lowest BCUT2D eigenvalue weighted by molar-refractivity contribution is -0.122. The lowest BCUT2D eigenvalue weighted by atomic mass is 10.2. The molecule has 1 N–H and O–H groups in total. The molecule has 3 aromatic rings. The molecule has 2 saturated heterocycles. The predicted molar refractivity (Wildman–Crippen MR) is 144 cm³/mol. The van der Waals surface area contributed by atoms with Crippen LogP contribution in [-0.2, 0) is 16.1 Å². The van der Waals surface area contributed by atoms with Crippen molar-refractivity contribution in [2.45, 2.75) is 32.4 Å². The Labute approximate surface area is 217 Å². The normalized spacial score (nSPS) is 19.3. The third kappa shape index (κ3) is 4.86. The Bertz CT molecular complexity index is 1420. The molecule has 1 amide bonds. The molecule has 2 fully saturated rings. The number of carbonyl (C=O) groups excluding carboxylic acids is 1. The Kier molecular flexibility index (Phi) is 6.93. The van der Waals surface area contributed by atoms with E-state index in [-0.39, 0.29) is 24.1 Å². The molecule has 7 nitrogen and oxygen atoms in total. The van der Waals surface area contributed by atoms with Crippen molar-refractivity contribution in [3.63, 3.8) is 0 Å². The molecule has 2 aromatic heterocycles. The van der Waals surface area contributed by atoms with Gasteiger partial charge >= 0.3 is 0 Å². The van der Waals surface area contributed by atoms with E-state index in [1.165, 1.54) is 21.1 Å². The van der Waals surface area contributed by atoms with Gasteiger partial charge in [-0.3, -0.25) is 18.9 Å². The van der Waals surface area contributed by atoms with Gasteiger partial charge in [0.25, 0.3) is 11.5 Å². The number of carbonyl (C=O) groups is 1. The number of thioether (sulfide) groups is 1. The summed E-state index contributed by atoms with van der Waals surface area (Å²) in [4.78, 5) is 33.4. The Morgan fingerprint density at radius 3 is 2.89 bits per heavy atom. The minimum atomic E-state index is -0.265. The molecule has 1 unspecified atom stereocenters. The molecule has 0 aliphatic carbocycles. The van der Waals surface area contributed by atoms with Crippen molar-refractivity contribution in [2.75, 3.05) is 18.5 Å². The molecule has 0 radical (unpaired) electrons. The molecular formula is C25H23ClN4O3S2. The van der Waals surface area contributed by atoms with Crippen LogP contribution >= 0.6 is 35.6 Å². The number of benzene rings is 1. The van der Waals surface area contributed by atoms with Gasteiger partial charge in [-0.1, -0.05) is 59.8 Å². The minimum Gasteiger partial charge on any atom is -0.376 e. The Morgan fingerprint density at radius 2 is 2.11 bits per heavy atom. The quantitative estimate of drug-likeness (QED) is 0.370. The van der Waals surface area contributed by atoms with Crippen LogP contribution in [0.1, 0.15) is 29.5 Å². The maximum Gasteiger partial charge on any atom is 0.267 e. The second-order valence-electron chi connectivity index (χ2n) is 8.44. The third-order valence-corrected chi connectivity index (χ3v) is 7.79. The summed E-state index contributed by atoms with van der Waals surface area (Å²) in [5.74, 6) is 0.162. The van der Waals surface area contributed by atoms with Crippen molar-refractivity contribution >= 4 is 63.3 Å². The molecule has 1 aromatic carbocycles. The summed E-state index contributed by atoms with van der Waals surface area (Å²) >= 11 is 12.9. The summed E-state index contributed by atoms with van der Waals surface area (Å²) < 4.78 is 7.64. The van der Waals surface area contributed by atoms with E-state index in [9.17, 15) is 9.59 Å². The fourth-order valence-electron chi connectivity index (χ4n) is 4.16. The maximum atomic E-state index is 13.5. The monoisotopic (exact) mass is 526 g/mol. The van der Waals surface area contributed by atoms with Crippen LogP contribution in [0.15, 0.2) is 52.3 Å². The van der Waals surface area contributed by atoms with Crippen molar-refractivity contribution in [3.8, 4) is 0 Å². The van der Waals surface area contributed by atoms with E-state index >= 15 is 0 Å². The number of aryl methyl sites for hydroxylation is 1. The predicted octanol–water partition coefficient (Wildman–Crippen LogP) is 4.65. The number of aromatic nitrogens is 2. The number of hydrogen-bond acceptors (Lipinski definition) is 7. The van der Waals surface area contributed by atoms with Gasteiger partial charge in [-0.05, 0) is 49.1 Å². The van der Waals surface area contributed by atoms with Gasteiger partial charge < -0.3 is 10.1 Å². The van der Waals surface area contributed by atoms with Gasteiger partial charge in [0.2, 0.25) is 0 Å². The van der Waals surface area contributed by atoms with Gasteiger partial charge in [0, 0.05) is 24.4 Å². The van der Waals surface area contributed by atoms with Crippen LogP contribution < -0.4 is 10.9 Å². The summed E-state index contributed by atoms with van der Waals surface area (Å²) in [6, 6.07) is 11.1. The number of ether oxygens (including phenoxy) is 1. The van der Waals surface area contributed by atoms with Gasteiger partial charge in [-0.15, -0.1) is 0 Å². The second kappa shape index (κ2) is 10.1. The van der Waals surface area contributed by atoms with Crippen molar-refractivity contribution in [2.24, 2.45) is 0 Å². The average Bonchev–Trinajstić information content (AvgIpc) is 3.45. The van der Waals surface area contributed by atoms with Crippen LogP contribution in [0.3, 0.4) is 0 Å². The SMILES string of the molecule is Cc1cccn2c(=O)c(/C=C3/SC(=S)N(Cc4ccccc4Cl)C3=O)c(NCC3CCCO3)nc12. The number of anilines is 1. The molecule has 35 heavy (non-hydrogen) atoms. The molecule has 5 rings (SSSR count). The third-order valence-electron chi connectivity index (χ3n) is 6.04. The zero-order chi connectivity index (χ0) is 24.5. The van der Waals surface area contributed by atoms with E-state index in [1.807, 2.05) is 31.2 Å². The molecule has 180 valence electrons. The molecule has 4 heterocycles. The van der Waals surface area contributed by atoms with Crippen LogP contribution in [0, 0.1) is 6.92 Å². The van der Waals surface area contributed by atoms with Crippen LogP contribution in [0.2, 0.25) is 5.02 Å². The summed E-state index contributed by atoms with van der Waals surface area (Å²) in [7, 11) is 0. The molecule has 1 atom stereocenters. The van der Waals surface area contributed by atoms with E-state index in [0.29, 0.717) is 37.8 Å². The standard InChI is InChI=1S/C25H23ClN4O3S2/c1-15-6-4-10-29-22(15)28-21(27-13-17-8-5-11-33-17)18(23(29)31)12-20-24(32)30(25(34)35-20)14-16-7-2-3-9-19(16)26/h2-4,6-7,9-10,12,17,27H,5,8,11,13-14H2,1H3/b20-12+. The number of hydrogen-bond donors (Lipinski definition) is 1. The molecular weight excluding hydrogens is 504 g/mol. The van der Waals surface area contributed by atoms with Crippen LogP contribution in [-0.4, -0.2) is 43.8 Å². The fraction of sp³-hybridized carbons (Fsp3) is 0.280. The molecule has 10 heteroatoms. The first-order valence-corrected chi connectivity index (χ1v) is 12.9. The van der Waals surface area contributed by atoms with Crippen molar-refractivity contribution in [3.05, 3.63) is 79.6 Å². The van der Waals surface area contributed by atoms with Crippen molar-refractivity contribution in [1.82, 2.24) is 14.3 Å². The zero-order valence-electron chi connectivity index (χ0n) is 19.0. The van der Waals surface area contributed by atoms with Gasteiger partial charge in [0.05, 0.1) is 23.1 Å². The summed E-state index contributed by atoms with van der Waals surface area (Å²) in [6.07, 6.45) is 5.30. The van der Waals surface area contributed by atoms with E-state index in [4.69, 9.17) is 33.5 Å². The van der Waals surface area contributed by atoms with Gasteiger partial charge in [0.1, 0.15) is 15.8 Å². The van der Waals surface area contributed by atoms with E-state index in [2.05, 4.69) is 5.32 Å². The summed E-state index contributed by atoms with van der Waals surface area (Å²) in [5, 5.41) is 3.86. The van der Waals surface area contributed by atoms with E-state index in [0.717, 1.165) is 30.6 Å². The maximum absolute atomic E-state index is 13.5. The second-order valence-corrected chi connectivity index (χ2v) is 10.5. The lowest BCUT2D eigenvalue weighted by Crippen LogP contribution is -2.28. The number of halogens is 1. The van der Waals surface area contributed by atoms with Crippen molar-refractivity contribution < 1.29 is 9.53 Å².